The summed E-state index contributed by atoms with van der Waals surface area (Å²) in [7, 11) is 1.85. The molecule has 3 aromatic rings. The van der Waals surface area contributed by atoms with Gasteiger partial charge >= 0.3 is 0 Å². The van der Waals surface area contributed by atoms with E-state index in [9.17, 15) is 0 Å². The lowest BCUT2D eigenvalue weighted by molar-refractivity contribution is 0.189. The predicted octanol–water partition coefficient (Wildman–Crippen LogP) is 2.25. The second-order valence-electron chi connectivity index (χ2n) is 6.52. The van der Waals surface area contributed by atoms with E-state index in [-0.39, 0.29) is 0 Å². The molecule has 1 N–H and O–H groups in total. The van der Waals surface area contributed by atoms with E-state index >= 15 is 0 Å². The second-order valence-corrected chi connectivity index (χ2v) is 7.39. The van der Waals surface area contributed by atoms with Gasteiger partial charge in [0.15, 0.2) is 10.9 Å². The molecule has 132 valence electrons. The van der Waals surface area contributed by atoms with E-state index in [1.807, 2.05) is 31.1 Å². The quantitative estimate of drug-likeness (QED) is 0.577. The number of guanidine groups is 1. The third-order valence-corrected chi connectivity index (χ3v) is 5.68. The van der Waals surface area contributed by atoms with E-state index in [1.54, 1.807) is 11.3 Å². The van der Waals surface area contributed by atoms with Crippen LogP contribution in [0.25, 0.3) is 4.96 Å². The summed E-state index contributed by atoms with van der Waals surface area (Å²) in [6.45, 7) is 4.96. The molecule has 4 rings (SSSR count). The number of nitrogens with zero attached hydrogens (tertiary/aromatic N) is 6. The van der Waals surface area contributed by atoms with Crippen molar-refractivity contribution in [2.45, 2.75) is 25.9 Å². The van der Waals surface area contributed by atoms with Gasteiger partial charge < -0.3 is 14.8 Å². The highest BCUT2D eigenvalue weighted by molar-refractivity contribution is 7.15. The van der Waals surface area contributed by atoms with Crippen LogP contribution in [-0.2, 0) is 6.54 Å². The average Bonchev–Trinajstić information content (AvgIpc) is 3.33. The van der Waals surface area contributed by atoms with Crippen LogP contribution < -0.4 is 5.32 Å². The van der Waals surface area contributed by atoms with Crippen LogP contribution in [0, 0.1) is 5.92 Å². The number of aromatic nitrogens is 4. The van der Waals surface area contributed by atoms with E-state index in [0.717, 1.165) is 36.1 Å². The first-order valence-corrected chi connectivity index (χ1v) is 9.46. The molecule has 1 saturated heterocycles. The van der Waals surface area contributed by atoms with Crippen molar-refractivity contribution in [2.75, 3.05) is 20.1 Å². The number of nitrogens with one attached hydrogen (secondary N) is 1. The molecule has 0 spiro atoms. The van der Waals surface area contributed by atoms with E-state index in [2.05, 4.69) is 53.5 Å². The minimum Gasteiger partial charge on any atom is -0.351 e. The van der Waals surface area contributed by atoms with Crippen molar-refractivity contribution in [3.8, 4) is 0 Å². The SMILES string of the molecule is CN=C(NCc1cn2ccsc2n1)N1CCC(C)C(n2ccnc2)C1. The first-order valence-electron chi connectivity index (χ1n) is 8.58. The largest absolute Gasteiger partial charge is 0.351 e. The summed E-state index contributed by atoms with van der Waals surface area (Å²) in [4.78, 5) is 16.7. The van der Waals surface area contributed by atoms with Crippen LogP contribution in [0.1, 0.15) is 25.1 Å². The number of hydrogen-bond donors (Lipinski definition) is 1. The molecule has 1 fully saturated rings. The zero-order valence-electron chi connectivity index (χ0n) is 14.5. The number of imidazole rings is 2. The molecule has 1 aliphatic rings. The Bertz CT molecular complexity index is 819. The highest BCUT2D eigenvalue weighted by atomic mass is 32.1. The van der Waals surface area contributed by atoms with Crippen molar-refractivity contribution >= 4 is 22.3 Å². The van der Waals surface area contributed by atoms with E-state index in [0.29, 0.717) is 18.5 Å². The molecule has 25 heavy (non-hydrogen) atoms. The van der Waals surface area contributed by atoms with Crippen molar-refractivity contribution in [1.29, 1.82) is 0 Å². The third-order valence-electron chi connectivity index (χ3n) is 4.91. The summed E-state index contributed by atoms with van der Waals surface area (Å²) in [5, 5.41) is 5.51. The number of fused-ring (bicyclic) bond motifs is 1. The van der Waals surface area contributed by atoms with Crippen molar-refractivity contribution in [2.24, 2.45) is 10.9 Å². The molecule has 2 unspecified atom stereocenters. The van der Waals surface area contributed by atoms with Crippen LogP contribution in [0.15, 0.2) is 41.5 Å². The molecule has 0 aliphatic carbocycles. The van der Waals surface area contributed by atoms with Crippen LogP contribution in [0.3, 0.4) is 0 Å². The van der Waals surface area contributed by atoms with Crippen molar-refractivity contribution in [1.82, 2.24) is 29.2 Å². The van der Waals surface area contributed by atoms with Gasteiger partial charge in [0.25, 0.3) is 0 Å². The predicted molar refractivity (Wildman–Crippen MR) is 99.9 cm³/mol. The zero-order valence-corrected chi connectivity index (χ0v) is 15.4. The summed E-state index contributed by atoms with van der Waals surface area (Å²) >= 11 is 1.65. The van der Waals surface area contributed by atoms with Gasteiger partial charge in [-0.2, -0.15) is 0 Å². The Hall–Kier alpha value is -2.35. The summed E-state index contributed by atoms with van der Waals surface area (Å²) in [6, 6.07) is 0.424. The average molecular weight is 357 g/mol. The molecule has 0 radical (unpaired) electrons. The molecule has 4 heterocycles. The number of rotatable bonds is 3. The van der Waals surface area contributed by atoms with Gasteiger partial charge in [-0.15, -0.1) is 11.3 Å². The monoisotopic (exact) mass is 357 g/mol. The van der Waals surface area contributed by atoms with Crippen LogP contribution in [0.2, 0.25) is 0 Å². The molecule has 3 aromatic heterocycles. The van der Waals surface area contributed by atoms with Gasteiger partial charge in [0, 0.05) is 50.3 Å². The lowest BCUT2D eigenvalue weighted by Crippen LogP contribution is -2.48. The van der Waals surface area contributed by atoms with E-state index in [1.165, 1.54) is 0 Å². The molecular weight excluding hydrogens is 334 g/mol. The third kappa shape index (κ3) is 3.26. The minimum absolute atomic E-state index is 0.424. The molecule has 0 saturated carbocycles. The van der Waals surface area contributed by atoms with Gasteiger partial charge in [0.1, 0.15) is 0 Å². The van der Waals surface area contributed by atoms with Gasteiger partial charge in [0.05, 0.1) is 24.6 Å². The number of thiazole rings is 1. The second kappa shape index (κ2) is 6.87. The fourth-order valence-corrected chi connectivity index (χ4v) is 4.18. The Morgan fingerprint density at radius 1 is 1.44 bits per heavy atom. The van der Waals surface area contributed by atoms with Gasteiger partial charge in [-0.1, -0.05) is 6.92 Å². The number of hydrogen-bond acceptors (Lipinski definition) is 4. The maximum atomic E-state index is 4.62. The Morgan fingerprint density at radius 2 is 2.36 bits per heavy atom. The topological polar surface area (TPSA) is 62.8 Å². The molecule has 8 heteroatoms. The number of likely N-dealkylation sites (tertiary alicyclic amines) is 1. The Morgan fingerprint density at radius 3 is 3.12 bits per heavy atom. The summed E-state index contributed by atoms with van der Waals surface area (Å²) < 4.78 is 4.27. The van der Waals surface area contributed by atoms with Gasteiger partial charge in [-0.3, -0.25) is 9.39 Å². The molecule has 2 atom stereocenters. The summed E-state index contributed by atoms with van der Waals surface area (Å²) in [5.74, 6) is 1.57. The van der Waals surface area contributed by atoms with Crippen LogP contribution in [0.5, 0.6) is 0 Å². The van der Waals surface area contributed by atoms with Gasteiger partial charge in [-0.25, -0.2) is 9.97 Å². The fourth-order valence-electron chi connectivity index (χ4n) is 3.46. The normalized spacial score (nSPS) is 21.8. The highest BCUT2D eigenvalue weighted by Gasteiger charge is 2.28. The maximum absolute atomic E-state index is 4.62. The van der Waals surface area contributed by atoms with Crippen LogP contribution in [-0.4, -0.2) is 49.9 Å². The lowest BCUT2D eigenvalue weighted by Gasteiger charge is -2.39. The smallest absolute Gasteiger partial charge is 0.194 e. The summed E-state index contributed by atoms with van der Waals surface area (Å²) in [5.41, 5.74) is 1.03. The highest BCUT2D eigenvalue weighted by Crippen LogP contribution is 2.27. The molecule has 7 nitrogen and oxygen atoms in total. The van der Waals surface area contributed by atoms with Crippen molar-refractivity contribution in [3.05, 3.63) is 42.2 Å². The standard InChI is InChI=1S/C17H23N7S/c1-13-3-5-22(11-15(13)24-6-4-19-12-24)16(18-2)20-9-14-10-23-7-8-25-17(23)21-14/h4,6-8,10,12-13,15H,3,5,9,11H2,1-2H3,(H,18,20). The van der Waals surface area contributed by atoms with Gasteiger partial charge in [-0.05, 0) is 12.3 Å². The summed E-state index contributed by atoms with van der Waals surface area (Å²) in [6.07, 6.45) is 11.1. The maximum Gasteiger partial charge on any atom is 0.194 e. The van der Waals surface area contributed by atoms with Crippen molar-refractivity contribution < 1.29 is 0 Å². The molecular formula is C17H23N7S. The lowest BCUT2D eigenvalue weighted by atomic mass is 9.93. The molecule has 1 aliphatic heterocycles. The molecule has 0 bridgehead atoms. The first kappa shape index (κ1) is 16.1. The number of piperidine rings is 1. The molecule has 0 amide bonds. The Kier molecular flexibility index (Phi) is 4.44. The first-order chi connectivity index (χ1) is 12.2. The fraction of sp³-hybridized carbons (Fsp3) is 0.471. The van der Waals surface area contributed by atoms with Crippen molar-refractivity contribution in [3.63, 3.8) is 0 Å². The zero-order chi connectivity index (χ0) is 17.2. The Balaban J connectivity index is 1.42. The van der Waals surface area contributed by atoms with Crippen LogP contribution >= 0.6 is 11.3 Å². The van der Waals surface area contributed by atoms with Crippen LogP contribution in [0.4, 0.5) is 0 Å². The van der Waals surface area contributed by atoms with E-state index < -0.39 is 0 Å². The number of aliphatic imine (C=N–C) groups is 1. The molecule has 0 aromatic carbocycles. The van der Waals surface area contributed by atoms with E-state index in [4.69, 9.17) is 0 Å². The Labute approximate surface area is 151 Å². The minimum atomic E-state index is 0.424. The van der Waals surface area contributed by atoms with Gasteiger partial charge in [0.2, 0.25) is 0 Å².